The Hall–Kier alpha value is -1.18. The lowest BCUT2D eigenvalue weighted by Crippen LogP contribution is -2.41. The summed E-state index contributed by atoms with van der Waals surface area (Å²) in [6.45, 7) is 5.58. The monoisotopic (exact) mass is 319 g/mol. The summed E-state index contributed by atoms with van der Waals surface area (Å²) < 4.78 is 26.2. The normalized spacial score (nSPS) is 12.2. The predicted molar refractivity (Wildman–Crippen MR) is 76.9 cm³/mol. The minimum absolute atomic E-state index is 0.0180. The zero-order chi connectivity index (χ0) is 15.4. The summed E-state index contributed by atoms with van der Waals surface area (Å²) >= 11 is 5.64. The van der Waals surface area contributed by atoms with Crippen molar-refractivity contribution in [3.05, 3.63) is 23.5 Å². The van der Waals surface area contributed by atoms with E-state index in [0.717, 1.165) is 0 Å². The molecule has 1 aromatic heterocycles. The van der Waals surface area contributed by atoms with E-state index < -0.39 is 10.0 Å². The Morgan fingerprint density at radius 1 is 1.40 bits per heavy atom. The van der Waals surface area contributed by atoms with Crippen LogP contribution in [0.1, 0.15) is 27.2 Å². The van der Waals surface area contributed by atoms with Crippen molar-refractivity contribution in [1.82, 2.24) is 15.0 Å². The van der Waals surface area contributed by atoms with Crippen LogP contribution in [0.25, 0.3) is 0 Å². The third-order valence-electron chi connectivity index (χ3n) is 2.17. The van der Waals surface area contributed by atoms with Gasteiger partial charge in [0.2, 0.25) is 15.9 Å². The Morgan fingerprint density at radius 2 is 2.05 bits per heavy atom. The van der Waals surface area contributed by atoms with Crippen LogP contribution in [-0.4, -0.2) is 31.4 Å². The number of halogens is 1. The van der Waals surface area contributed by atoms with Crippen LogP contribution in [0.15, 0.2) is 23.2 Å². The van der Waals surface area contributed by atoms with Gasteiger partial charge in [-0.2, -0.15) is 0 Å². The summed E-state index contributed by atoms with van der Waals surface area (Å²) in [6, 6.07) is 2.59. The van der Waals surface area contributed by atoms with E-state index in [4.69, 9.17) is 11.6 Å². The van der Waals surface area contributed by atoms with Crippen molar-refractivity contribution in [3.63, 3.8) is 0 Å². The lowest BCUT2D eigenvalue weighted by Gasteiger charge is -2.20. The topological polar surface area (TPSA) is 88.2 Å². The predicted octanol–water partition coefficient (Wildman–Crippen LogP) is 1.32. The molecule has 1 aromatic rings. The molecule has 0 aliphatic carbocycles. The maximum absolute atomic E-state index is 11.9. The SMILES string of the molecule is CC(C)(C)NC(=O)CCNS(=O)(=O)c1ccnc(Cl)c1. The number of amides is 1. The Balaban J connectivity index is 2.55. The molecule has 0 atom stereocenters. The van der Waals surface area contributed by atoms with E-state index in [9.17, 15) is 13.2 Å². The van der Waals surface area contributed by atoms with Crippen LogP contribution in [0, 0.1) is 0 Å². The van der Waals surface area contributed by atoms with E-state index in [-0.39, 0.29) is 34.5 Å². The van der Waals surface area contributed by atoms with Crippen LogP contribution in [0.2, 0.25) is 5.15 Å². The van der Waals surface area contributed by atoms with Crippen molar-refractivity contribution < 1.29 is 13.2 Å². The lowest BCUT2D eigenvalue weighted by molar-refractivity contribution is -0.122. The van der Waals surface area contributed by atoms with Crippen molar-refractivity contribution >= 4 is 27.5 Å². The molecule has 112 valence electrons. The fourth-order valence-corrected chi connectivity index (χ4v) is 2.70. The molecule has 1 rings (SSSR count). The van der Waals surface area contributed by atoms with E-state index in [2.05, 4.69) is 15.0 Å². The molecule has 2 N–H and O–H groups in total. The minimum atomic E-state index is -3.68. The van der Waals surface area contributed by atoms with Crippen LogP contribution < -0.4 is 10.0 Å². The molecule has 0 fully saturated rings. The van der Waals surface area contributed by atoms with Crippen LogP contribution in [0.3, 0.4) is 0 Å². The first-order chi connectivity index (χ1) is 9.10. The van der Waals surface area contributed by atoms with Crippen LogP contribution >= 0.6 is 11.6 Å². The van der Waals surface area contributed by atoms with Gasteiger partial charge in [0.25, 0.3) is 0 Å². The van der Waals surface area contributed by atoms with E-state index in [1.54, 1.807) is 0 Å². The number of nitrogens with zero attached hydrogens (tertiary/aromatic N) is 1. The maximum atomic E-state index is 11.9. The number of rotatable bonds is 5. The molecule has 0 aliphatic rings. The zero-order valence-corrected chi connectivity index (χ0v) is 13.2. The van der Waals surface area contributed by atoms with Gasteiger partial charge in [0.15, 0.2) is 0 Å². The first kappa shape index (κ1) is 16.9. The van der Waals surface area contributed by atoms with Gasteiger partial charge >= 0.3 is 0 Å². The first-order valence-electron chi connectivity index (χ1n) is 6.02. The van der Waals surface area contributed by atoms with Crippen LogP contribution in [0.4, 0.5) is 0 Å². The fraction of sp³-hybridized carbons (Fsp3) is 0.500. The largest absolute Gasteiger partial charge is 0.351 e. The summed E-state index contributed by atoms with van der Waals surface area (Å²) in [6.07, 6.45) is 1.37. The molecule has 0 saturated carbocycles. The number of aromatic nitrogens is 1. The highest BCUT2D eigenvalue weighted by Gasteiger charge is 2.17. The van der Waals surface area contributed by atoms with Crippen molar-refractivity contribution in [1.29, 1.82) is 0 Å². The summed E-state index contributed by atoms with van der Waals surface area (Å²) in [5.41, 5.74) is -0.339. The van der Waals surface area contributed by atoms with Crippen molar-refractivity contribution in [2.75, 3.05) is 6.54 Å². The van der Waals surface area contributed by atoms with E-state index >= 15 is 0 Å². The number of hydrogen-bond donors (Lipinski definition) is 2. The number of pyridine rings is 1. The second kappa shape index (κ2) is 6.51. The Bertz CT molecular complexity index is 582. The number of carbonyl (C=O) groups excluding carboxylic acids is 1. The summed E-state index contributed by atoms with van der Waals surface area (Å²) in [5.74, 6) is -0.215. The van der Waals surface area contributed by atoms with E-state index in [0.29, 0.717) is 0 Å². The summed E-state index contributed by atoms with van der Waals surface area (Å²) in [5, 5.41) is 2.85. The Labute approximate surface area is 124 Å². The zero-order valence-electron chi connectivity index (χ0n) is 11.6. The van der Waals surface area contributed by atoms with Crippen LogP contribution in [-0.2, 0) is 14.8 Å². The molecule has 8 heteroatoms. The van der Waals surface area contributed by atoms with Crippen LogP contribution in [0.5, 0.6) is 0 Å². The Kier molecular flexibility index (Phi) is 5.50. The maximum Gasteiger partial charge on any atom is 0.240 e. The van der Waals surface area contributed by atoms with E-state index in [1.807, 2.05) is 20.8 Å². The number of nitrogens with one attached hydrogen (secondary N) is 2. The third kappa shape index (κ3) is 5.85. The number of carbonyl (C=O) groups is 1. The highest BCUT2D eigenvalue weighted by atomic mass is 35.5. The van der Waals surface area contributed by atoms with Gasteiger partial charge < -0.3 is 5.32 Å². The average Bonchev–Trinajstić information content (AvgIpc) is 2.26. The molecule has 0 saturated heterocycles. The van der Waals surface area contributed by atoms with Gasteiger partial charge in [-0.3, -0.25) is 4.79 Å². The standard InChI is InChI=1S/C12H18ClN3O3S/c1-12(2,3)16-11(17)5-7-15-20(18,19)9-4-6-14-10(13)8-9/h4,6,8,15H,5,7H2,1-3H3,(H,16,17). The second-order valence-corrected chi connectivity index (χ2v) is 7.41. The highest BCUT2D eigenvalue weighted by Crippen LogP contribution is 2.12. The molecule has 0 unspecified atom stereocenters. The highest BCUT2D eigenvalue weighted by molar-refractivity contribution is 7.89. The Morgan fingerprint density at radius 3 is 2.60 bits per heavy atom. The second-order valence-electron chi connectivity index (χ2n) is 5.26. The first-order valence-corrected chi connectivity index (χ1v) is 7.88. The molecule has 6 nitrogen and oxygen atoms in total. The lowest BCUT2D eigenvalue weighted by atomic mass is 10.1. The van der Waals surface area contributed by atoms with Gasteiger partial charge in [0.1, 0.15) is 5.15 Å². The molecule has 0 spiro atoms. The smallest absolute Gasteiger partial charge is 0.240 e. The molecule has 20 heavy (non-hydrogen) atoms. The number of hydrogen-bond acceptors (Lipinski definition) is 4. The van der Waals surface area contributed by atoms with Gasteiger partial charge in [-0.1, -0.05) is 11.6 Å². The molecule has 0 aliphatic heterocycles. The quantitative estimate of drug-likeness (QED) is 0.801. The molecule has 0 radical (unpaired) electrons. The third-order valence-corrected chi connectivity index (χ3v) is 3.83. The van der Waals surface area contributed by atoms with Gasteiger partial charge in [0.05, 0.1) is 4.90 Å². The summed E-state index contributed by atoms with van der Waals surface area (Å²) in [4.78, 5) is 15.3. The molecule has 1 heterocycles. The van der Waals surface area contributed by atoms with Gasteiger partial charge in [-0.25, -0.2) is 18.1 Å². The summed E-state index contributed by atoms with van der Waals surface area (Å²) in [7, 11) is -3.68. The molecular formula is C12H18ClN3O3S. The minimum Gasteiger partial charge on any atom is -0.351 e. The van der Waals surface area contributed by atoms with Crippen molar-refractivity contribution in [2.45, 2.75) is 37.6 Å². The fourth-order valence-electron chi connectivity index (χ4n) is 1.41. The van der Waals surface area contributed by atoms with Crippen molar-refractivity contribution in [2.24, 2.45) is 0 Å². The van der Waals surface area contributed by atoms with Gasteiger partial charge in [0, 0.05) is 24.7 Å². The van der Waals surface area contributed by atoms with Gasteiger partial charge in [-0.05, 0) is 32.9 Å². The molecule has 0 aromatic carbocycles. The molecule has 0 bridgehead atoms. The van der Waals surface area contributed by atoms with E-state index in [1.165, 1.54) is 18.3 Å². The average molecular weight is 320 g/mol. The van der Waals surface area contributed by atoms with Gasteiger partial charge in [-0.15, -0.1) is 0 Å². The molecular weight excluding hydrogens is 302 g/mol. The van der Waals surface area contributed by atoms with Crippen molar-refractivity contribution in [3.8, 4) is 0 Å². The molecule has 1 amide bonds. The number of sulfonamides is 1.